The molecule has 9 nitrogen and oxygen atoms in total. The number of rotatable bonds is 6. The van der Waals surface area contributed by atoms with Gasteiger partial charge in [0.15, 0.2) is 17.7 Å². The maximum atomic E-state index is 11.4. The van der Waals surface area contributed by atoms with Gasteiger partial charge in [0.05, 0.1) is 6.61 Å². The Kier molecular flexibility index (Phi) is 5.79. The second-order valence-corrected chi connectivity index (χ2v) is 5.93. The van der Waals surface area contributed by atoms with Gasteiger partial charge in [-0.1, -0.05) is 0 Å². The second kappa shape index (κ2) is 7.46. The van der Waals surface area contributed by atoms with Gasteiger partial charge in [0.2, 0.25) is 0 Å². The van der Waals surface area contributed by atoms with Crippen molar-refractivity contribution >= 4 is 5.97 Å². The van der Waals surface area contributed by atoms with Crippen LogP contribution in [0.4, 0.5) is 0 Å². The number of carbonyl (C=O) groups is 1. The quantitative estimate of drug-likeness (QED) is 0.321. The Balaban J connectivity index is 1.87. The molecular weight excluding hydrogens is 320 g/mol. The van der Waals surface area contributed by atoms with Gasteiger partial charge in [-0.25, -0.2) is 4.79 Å². The van der Waals surface area contributed by atoms with Crippen LogP contribution >= 0.6 is 0 Å². The molecule has 0 aromatic carbocycles. The lowest BCUT2D eigenvalue weighted by molar-refractivity contribution is -0.225. The number of ether oxygens (including phenoxy) is 4. The summed E-state index contributed by atoms with van der Waals surface area (Å²) in [5, 5.41) is 31.9. The molecule has 2 saturated heterocycles. The summed E-state index contributed by atoms with van der Waals surface area (Å²) in [5.41, 5.74) is -0.220. The predicted molar refractivity (Wildman–Crippen MR) is 79.0 cm³/mol. The molecule has 2 rings (SSSR count). The summed E-state index contributed by atoms with van der Waals surface area (Å²) in [5.74, 6) is -1.60. The molecule has 24 heavy (non-hydrogen) atoms. The highest BCUT2D eigenvalue weighted by Crippen LogP contribution is 2.38. The van der Waals surface area contributed by atoms with E-state index in [-0.39, 0.29) is 18.7 Å². The monoisotopic (exact) mass is 342 g/mol. The van der Waals surface area contributed by atoms with Crippen molar-refractivity contribution in [2.75, 3.05) is 13.2 Å². The van der Waals surface area contributed by atoms with E-state index >= 15 is 0 Å². The molecule has 0 aliphatic carbocycles. The van der Waals surface area contributed by atoms with Crippen molar-refractivity contribution in [3.8, 4) is 6.07 Å². The summed E-state index contributed by atoms with van der Waals surface area (Å²) in [7, 11) is 0. The maximum absolute atomic E-state index is 11.4. The van der Waals surface area contributed by atoms with Crippen molar-refractivity contribution < 1.29 is 34.0 Å². The lowest BCUT2D eigenvalue weighted by Gasteiger charge is -2.25. The average molecular weight is 342 g/mol. The van der Waals surface area contributed by atoms with Crippen molar-refractivity contribution in [3.63, 3.8) is 0 Å². The van der Waals surface area contributed by atoms with E-state index in [1.54, 1.807) is 26.8 Å². The molecule has 0 radical (unpaired) electrons. The van der Waals surface area contributed by atoms with Gasteiger partial charge in [-0.05, 0) is 20.8 Å². The molecule has 2 heterocycles. The first-order chi connectivity index (χ1) is 11.3. The zero-order valence-electron chi connectivity index (χ0n) is 13.8. The minimum Gasteiger partial charge on any atom is -0.462 e. The Hall–Kier alpha value is -1.70. The average Bonchev–Trinajstić information content (AvgIpc) is 2.97. The molecule has 0 aromatic rings. The van der Waals surface area contributed by atoms with Crippen molar-refractivity contribution in [1.29, 1.82) is 5.26 Å². The molecule has 2 aliphatic rings. The highest BCUT2D eigenvalue weighted by Gasteiger charge is 2.55. The Morgan fingerprint density at radius 3 is 2.79 bits per heavy atom. The summed E-state index contributed by atoms with van der Waals surface area (Å²) in [6.45, 7) is 5.15. The van der Waals surface area contributed by atoms with Gasteiger partial charge < -0.3 is 34.5 Å². The molecule has 0 saturated carbocycles. The smallest absolute Gasteiger partial charge is 0.350 e. The Labute approximate surface area is 139 Å². The molecule has 0 spiro atoms. The first-order valence-corrected chi connectivity index (χ1v) is 7.67. The van der Waals surface area contributed by atoms with Crippen molar-refractivity contribution in [3.05, 3.63) is 11.8 Å². The number of hydrogen-bond donors (Lipinski definition) is 3. The summed E-state index contributed by atoms with van der Waals surface area (Å²) in [6, 6.07) is 1.70. The third-order valence-electron chi connectivity index (χ3n) is 3.62. The largest absolute Gasteiger partial charge is 0.462 e. The van der Waals surface area contributed by atoms with Crippen LogP contribution in [0.1, 0.15) is 20.8 Å². The topological polar surface area (TPSA) is 130 Å². The van der Waals surface area contributed by atoms with E-state index in [1.807, 2.05) is 0 Å². The fourth-order valence-corrected chi connectivity index (χ4v) is 2.58. The highest BCUT2D eigenvalue weighted by atomic mass is 16.8. The zero-order chi connectivity index (χ0) is 17.9. The van der Waals surface area contributed by atoms with Crippen LogP contribution in [0.5, 0.6) is 0 Å². The van der Waals surface area contributed by atoms with E-state index in [9.17, 15) is 15.0 Å². The van der Waals surface area contributed by atoms with Gasteiger partial charge in [0, 0.05) is 12.7 Å². The van der Waals surface area contributed by atoms with Gasteiger partial charge in [0.25, 0.3) is 0 Å². The third-order valence-corrected chi connectivity index (χ3v) is 3.62. The van der Waals surface area contributed by atoms with Gasteiger partial charge >= 0.3 is 5.97 Å². The summed E-state index contributed by atoms with van der Waals surface area (Å²) in [6.07, 6.45) is -3.34. The number of nitrogens with zero attached hydrogens (tertiary/aromatic N) is 1. The number of carbonyl (C=O) groups excluding carboxylic acids is 1. The van der Waals surface area contributed by atoms with Crippen molar-refractivity contribution in [1.82, 2.24) is 5.32 Å². The van der Waals surface area contributed by atoms with Gasteiger partial charge in [-0.15, -0.1) is 0 Å². The number of aliphatic hydroxyl groups excluding tert-OH is 2. The zero-order valence-corrected chi connectivity index (χ0v) is 13.8. The van der Waals surface area contributed by atoms with Crippen LogP contribution < -0.4 is 5.32 Å². The summed E-state index contributed by atoms with van der Waals surface area (Å²) < 4.78 is 21.2. The number of nitrogens with one attached hydrogen (secondary N) is 1. The Bertz CT molecular complexity index is 542. The highest BCUT2D eigenvalue weighted by molar-refractivity contribution is 5.92. The minimum atomic E-state index is -1.10. The van der Waals surface area contributed by atoms with Crippen LogP contribution in [-0.4, -0.2) is 65.8 Å². The molecule has 2 fully saturated rings. The van der Waals surface area contributed by atoms with Crippen LogP contribution in [0, 0.1) is 11.3 Å². The number of aliphatic hydroxyl groups is 2. The fraction of sp³-hybridized carbons (Fsp3) is 0.733. The summed E-state index contributed by atoms with van der Waals surface area (Å²) in [4.78, 5) is 11.4. The Morgan fingerprint density at radius 1 is 1.50 bits per heavy atom. The van der Waals surface area contributed by atoms with E-state index < -0.39 is 42.5 Å². The molecule has 0 amide bonds. The lowest BCUT2D eigenvalue weighted by atomic mass is 10.1. The fourth-order valence-electron chi connectivity index (χ4n) is 2.58. The minimum absolute atomic E-state index is 0.0465. The van der Waals surface area contributed by atoms with Crippen LogP contribution in [0.25, 0.3) is 0 Å². The molecule has 9 heteroatoms. The molecule has 0 unspecified atom stereocenters. The van der Waals surface area contributed by atoms with Gasteiger partial charge in [-0.3, -0.25) is 0 Å². The number of esters is 1. The number of fused-ring (bicyclic) bond motifs is 1. The SMILES string of the molecule is CCOC(=O)/C(C#N)=C\NC[C@@H](O)[C@H]1O[C@@H]2OC(C)(C)O[C@@H]2[C@H]1O. The molecular formula is C15H22N2O7. The predicted octanol–water partition coefficient (Wildman–Crippen LogP) is -0.855. The first kappa shape index (κ1) is 18.6. The molecule has 0 aromatic heterocycles. The molecule has 2 aliphatic heterocycles. The van der Waals surface area contributed by atoms with Gasteiger partial charge in [-0.2, -0.15) is 5.26 Å². The third kappa shape index (κ3) is 4.03. The van der Waals surface area contributed by atoms with Crippen LogP contribution in [0.2, 0.25) is 0 Å². The van der Waals surface area contributed by atoms with Crippen LogP contribution in [0.15, 0.2) is 11.8 Å². The molecule has 5 atom stereocenters. The Morgan fingerprint density at radius 2 is 2.21 bits per heavy atom. The second-order valence-electron chi connectivity index (χ2n) is 5.93. The summed E-state index contributed by atoms with van der Waals surface area (Å²) >= 11 is 0. The van der Waals surface area contributed by atoms with E-state index in [4.69, 9.17) is 24.2 Å². The maximum Gasteiger partial charge on any atom is 0.350 e. The normalized spacial score (nSPS) is 32.8. The number of hydrogen-bond acceptors (Lipinski definition) is 9. The van der Waals surface area contributed by atoms with Gasteiger partial charge in [0.1, 0.15) is 30.5 Å². The van der Waals surface area contributed by atoms with E-state index in [0.29, 0.717) is 0 Å². The van der Waals surface area contributed by atoms with E-state index in [2.05, 4.69) is 5.32 Å². The molecule has 134 valence electrons. The van der Waals surface area contributed by atoms with Crippen LogP contribution in [0.3, 0.4) is 0 Å². The van der Waals surface area contributed by atoms with Crippen molar-refractivity contribution in [2.24, 2.45) is 0 Å². The number of nitriles is 1. The molecule has 3 N–H and O–H groups in total. The van der Waals surface area contributed by atoms with Crippen LogP contribution in [-0.2, 0) is 23.7 Å². The van der Waals surface area contributed by atoms with Crippen molar-refractivity contribution in [2.45, 2.75) is 57.3 Å². The van der Waals surface area contributed by atoms with E-state index in [0.717, 1.165) is 6.20 Å². The standard InChI is InChI=1S/C15H22N2O7/c1-4-21-13(20)8(5-16)6-17-7-9(18)11-10(19)12-14(22-11)24-15(2,3)23-12/h6,9-12,14,17-19H,4,7H2,1-3H3/b8-6-/t9-,10+,11-,12-,14-/m1/s1. The van der Waals surface area contributed by atoms with E-state index in [1.165, 1.54) is 0 Å². The molecule has 0 bridgehead atoms. The first-order valence-electron chi connectivity index (χ1n) is 7.67. The lowest BCUT2D eigenvalue weighted by Crippen LogP contribution is -2.44.